The van der Waals surface area contributed by atoms with Crippen LogP contribution in [0.25, 0.3) is 0 Å². The highest BCUT2D eigenvalue weighted by Gasteiger charge is 2.03. The minimum absolute atomic E-state index is 0.792. The van der Waals surface area contributed by atoms with Gasteiger partial charge in [-0.05, 0) is 30.5 Å². The van der Waals surface area contributed by atoms with Crippen LogP contribution in [0.15, 0.2) is 12.1 Å². The summed E-state index contributed by atoms with van der Waals surface area (Å²) in [6.07, 6.45) is 0.962. The largest absolute Gasteiger partial charge is 0.496 e. The molecular weight excluding hydrogens is 196 g/mol. The van der Waals surface area contributed by atoms with Crippen LogP contribution in [0.1, 0.15) is 31.9 Å². The van der Waals surface area contributed by atoms with Crippen molar-refractivity contribution < 1.29 is 4.74 Å². The van der Waals surface area contributed by atoms with Gasteiger partial charge in [-0.15, -0.1) is 0 Å². The van der Waals surface area contributed by atoms with Gasteiger partial charge in [0, 0.05) is 5.02 Å². The van der Waals surface area contributed by atoms with Crippen molar-refractivity contribution >= 4 is 11.6 Å². The van der Waals surface area contributed by atoms with Crippen molar-refractivity contribution in [3.63, 3.8) is 0 Å². The van der Waals surface area contributed by atoms with Gasteiger partial charge in [0.1, 0.15) is 5.75 Å². The first-order chi connectivity index (χ1) is 6.69. The molecule has 0 aromatic heterocycles. The van der Waals surface area contributed by atoms with Crippen molar-refractivity contribution in [3.05, 3.63) is 28.3 Å². The minimum atomic E-state index is 0.792. The van der Waals surface area contributed by atoms with E-state index in [4.69, 9.17) is 16.3 Å². The lowest BCUT2D eigenvalue weighted by Gasteiger charge is -2.07. The Morgan fingerprint density at radius 2 is 1.86 bits per heavy atom. The van der Waals surface area contributed by atoms with E-state index in [-0.39, 0.29) is 0 Å². The fourth-order valence-corrected chi connectivity index (χ4v) is 1.50. The molecule has 1 aromatic carbocycles. The van der Waals surface area contributed by atoms with Gasteiger partial charge in [-0.3, -0.25) is 0 Å². The summed E-state index contributed by atoms with van der Waals surface area (Å²) in [4.78, 5) is 0. The number of hydrogen-bond acceptors (Lipinski definition) is 1. The fourth-order valence-electron chi connectivity index (χ4n) is 1.21. The fraction of sp³-hybridized carbons (Fsp3) is 0.500. The molecule has 0 amide bonds. The lowest BCUT2D eigenvalue weighted by molar-refractivity contribution is 0.411. The average Bonchev–Trinajstić information content (AvgIpc) is 2.23. The number of benzene rings is 1. The molecule has 14 heavy (non-hydrogen) atoms. The third-order valence-corrected chi connectivity index (χ3v) is 2.30. The van der Waals surface area contributed by atoms with Crippen molar-refractivity contribution in [2.24, 2.45) is 0 Å². The summed E-state index contributed by atoms with van der Waals surface area (Å²) >= 11 is 6.00. The van der Waals surface area contributed by atoms with Crippen LogP contribution in [-0.4, -0.2) is 7.11 Å². The van der Waals surface area contributed by atoms with E-state index in [0.29, 0.717) is 0 Å². The highest BCUT2D eigenvalue weighted by Crippen LogP contribution is 2.26. The summed E-state index contributed by atoms with van der Waals surface area (Å²) in [6.45, 7) is 8.11. The molecule has 0 spiro atoms. The van der Waals surface area contributed by atoms with Gasteiger partial charge in [-0.1, -0.05) is 38.4 Å². The van der Waals surface area contributed by atoms with E-state index in [1.54, 1.807) is 7.11 Å². The topological polar surface area (TPSA) is 9.23 Å². The Hall–Kier alpha value is -0.690. The summed E-state index contributed by atoms with van der Waals surface area (Å²) in [5.74, 6) is 0.859. The molecule has 0 aliphatic rings. The average molecular weight is 215 g/mol. The molecule has 0 aliphatic carbocycles. The quantitative estimate of drug-likeness (QED) is 0.716. The van der Waals surface area contributed by atoms with Gasteiger partial charge in [0.05, 0.1) is 7.11 Å². The predicted molar refractivity (Wildman–Crippen MR) is 63.5 cm³/mol. The van der Waals surface area contributed by atoms with Crippen molar-refractivity contribution in [1.82, 2.24) is 0 Å². The summed E-state index contributed by atoms with van der Waals surface area (Å²) < 4.78 is 5.14. The number of aryl methyl sites for hydroxylation is 2. The van der Waals surface area contributed by atoms with E-state index < -0.39 is 0 Å². The maximum Gasteiger partial charge on any atom is 0.123 e. The molecule has 0 atom stereocenters. The first-order valence-corrected chi connectivity index (χ1v) is 5.39. The third-order valence-electron chi connectivity index (χ3n) is 1.94. The van der Waals surface area contributed by atoms with E-state index >= 15 is 0 Å². The summed E-state index contributed by atoms with van der Waals surface area (Å²) in [5, 5.41) is 0.792. The zero-order valence-electron chi connectivity index (χ0n) is 9.65. The van der Waals surface area contributed by atoms with Gasteiger partial charge in [-0.2, -0.15) is 0 Å². The van der Waals surface area contributed by atoms with Crippen molar-refractivity contribution in [3.8, 4) is 5.75 Å². The van der Waals surface area contributed by atoms with Crippen LogP contribution in [0.3, 0.4) is 0 Å². The smallest absolute Gasteiger partial charge is 0.123 e. The molecule has 0 N–H and O–H groups in total. The van der Waals surface area contributed by atoms with E-state index in [9.17, 15) is 0 Å². The van der Waals surface area contributed by atoms with Crippen LogP contribution in [0.2, 0.25) is 5.02 Å². The van der Waals surface area contributed by atoms with E-state index in [1.807, 2.05) is 26.8 Å². The number of rotatable bonds is 2. The summed E-state index contributed by atoms with van der Waals surface area (Å²) in [7, 11) is 1.66. The Kier molecular flexibility index (Phi) is 6.39. The maximum absolute atomic E-state index is 6.00. The van der Waals surface area contributed by atoms with Gasteiger partial charge in [0.2, 0.25) is 0 Å². The van der Waals surface area contributed by atoms with Gasteiger partial charge in [0.15, 0.2) is 0 Å². The van der Waals surface area contributed by atoms with Gasteiger partial charge in [0.25, 0.3) is 0 Å². The molecule has 0 saturated heterocycles. The van der Waals surface area contributed by atoms with Crippen LogP contribution < -0.4 is 4.74 Å². The summed E-state index contributed by atoms with van der Waals surface area (Å²) in [5.41, 5.74) is 2.31. The van der Waals surface area contributed by atoms with Crippen LogP contribution in [0, 0.1) is 6.92 Å². The minimum Gasteiger partial charge on any atom is -0.496 e. The molecule has 2 heteroatoms. The molecular formula is C12H19ClO. The lowest BCUT2D eigenvalue weighted by atomic mass is 10.1. The van der Waals surface area contributed by atoms with E-state index in [2.05, 4.69) is 13.0 Å². The Balaban J connectivity index is 0.000000791. The highest BCUT2D eigenvalue weighted by atomic mass is 35.5. The molecule has 0 bridgehead atoms. The van der Waals surface area contributed by atoms with Crippen LogP contribution in [0.5, 0.6) is 5.75 Å². The monoisotopic (exact) mass is 214 g/mol. The second-order valence-corrected chi connectivity index (χ2v) is 3.17. The molecule has 1 nitrogen and oxygen atoms in total. The highest BCUT2D eigenvalue weighted by molar-refractivity contribution is 6.31. The number of hydrogen-bond donors (Lipinski definition) is 0. The standard InChI is InChI=1S/C10H13ClO.C2H6/c1-4-8-5-7(2)10(12-3)6-9(8)11;1-2/h5-6H,4H2,1-3H3;1-2H3. The second kappa shape index (κ2) is 6.72. The Bertz CT molecular complexity index is 252. The molecule has 0 fully saturated rings. The maximum atomic E-state index is 6.00. The summed E-state index contributed by atoms with van der Waals surface area (Å²) in [6, 6.07) is 3.94. The second-order valence-electron chi connectivity index (χ2n) is 2.77. The number of methoxy groups -OCH3 is 1. The van der Waals surface area contributed by atoms with E-state index in [1.165, 1.54) is 5.56 Å². The van der Waals surface area contributed by atoms with Gasteiger partial charge in [-0.25, -0.2) is 0 Å². The Morgan fingerprint density at radius 3 is 2.29 bits per heavy atom. The van der Waals surface area contributed by atoms with Gasteiger partial charge >= 0.3 is 0 Å². The molecule has 1 rings (SSSR count). The third kappa shape index (κ3) is 3.22. The molecule has 80 valence electrons. The van der Waals surface area contributed by atoms with Crippen molar-refractivity contribution in [2.75, 3.05) is 7.11 Å². The molecule has 0 saturated carbocycles. The first kappa shape index (κ1) is 13.3. The molecule has 0 unspecified atom stereocenters. The van der Waals surface area contributed by atoms with Crippen molar-refractivity contribution in [1.29, 1.82) is 0 Å². The Morgan fingerprint density at radius 1 is 1.29 bits per heavy atom. The van der Waals surface area contributed by atoms with Gasteiger partial charge < -0.3 is 4.74 Å². The molecule has 0 radical (unpaired) electrons. The Labute approximate surface area is 92.0 Å². The van der Waals surface area contributed by atoms with Crippen LogP contribution >= 0.6 is 11.6 Å². The molecule has 0 aliphatic heterocycles. The molecule has 0 heterocycles. The van der Waals surface area contributed by atoms with Crippen LogP contribution in [0.4, 0.5) is 0 Å². The predicted octanol–water partition coefficient (Wildman–Crippen LogP) is 4.25. The number of halogens is 1. The zero-order valence-corrected chi connectivity index (χ0v) is 10.4. The zero-order chi connectivity index (χ0) is 11.1. The SMILES string of the molecule is CC.CCc1cc(C)c(OC)cc1Cl. The molecule has 1 aromatic rings. The van der Waals surface area contributed by atoms with Crippen LogP contribution in [-0.2, 0) is 6.42 Å². The first-order valence-electron chi connectivity index (χ1n) is 5.02. The lowest BCUT2D eigenvalue weighted by Crippen LogP contribution is -1.90. The number of ether oxygens (including phenoxy) is 1. The normalized spacial score (nSPS) is 9.00. The van der Waals surface area contributed by atoms with Crippen molar-refractivity contribution in [2.45, 2.75) is 34.1 Å². The van der Waals surface area contributed by atoms with E-state index in [0.717, 1.165) is 22.8 Å².